The van der Waals surface area contributed by atoms with E-state index in [1.54, 1.807) is 50.6 Å². The van der Waals surface area contributed by atoms with Crippen LogP contribution in [0, 0.1) is 0 Å². The van der Waals surface area contributed by atoms with Crippen molar-refractivity contribution in [2.24, 2.45) is 0 Å². The minimum atomic E-state index is -0.261. The number of nitrogens with one attached hydrogen (secondary N) is 1. The predicted octanol–water partition coefficient (Wildman–Crippen LogP) is 3.36. The van der Waals surface area contributed by atoms with Crippen LogP contribution in [0.2, 0.25) is 0 Å². The van der Waals surface area contributed by atoms with Gasteiger partial charge in [-0.3, -0.25) is 9.59 Å². The second-order valence-corrected chi connectivity index (χ2v) is 7.34. The minimum Gasteiger partial charge on any atom is -0.497 e. The quantitative estimate of drug-likeness (QED) is 0.860. The van der Waals surface area contributed by atoms with Crippen LogP contribution in [0.5, 0.6) is 11.5 Å². The van der Waals surface area contributed by atoms with E-state index in [9.17, 15) is 9.59 Å². The SMILES string of the molecule is COc1ccc(NC(=O)c2ccc3c(c2)N(C)C2CCCCN2C3=O)c(OC)c1. The summed E-state index contributed by atoms with van der Waals surface area (Å²) in [5.74, 6) is 0.946. The van der Waals surface area contributed by atoms with Crippen LogP contribution < -0.4 is 19.7 Å². The Labute approximate surface area is 170 Å². The zero-order valence-electron chi connectivity index (χ0n) is 16.9. The molecule has 0 radical (unpaired) electrons. The van der Waals surface area contributed by atoms with Crippen molar-refractivity contribution < 1.29 is 19.1 Å². The standard InChI is InChI=1S/C22H25N3O4/c1-24-18-12-14(7-9-16(18)22(27)25-11-5-4-6-20(24)25)21(26)23-17-10-8-15(28-2)13-19(17)29-3/h7-10,12-13,20H,4-6,11H2,1-3H3,(H,23,26). The lowest BCUT2D eigenvalue weighted by Gasteiger charge is -2.46. The van der Waals surface area contributed by atoms with Gasteiger partial charge in [-0.2, -0.15) is 0 Å². The Balaban J connectivity index is 1.62. The Hall–Kier alpha value is -3.22. The van der Waals surface area contributed by atoms with E-state index in [4.69, 9.17) is 9.47 Å². The van der Waals surface area contributed by atoms with Crippen molar-refractivity contribution in [1.29, 1.82) is 0 Å². The molecule has 4 rings (SSSR count). The maximum Gasteiger partial charge on any atom is 0.257 e. The van der Waals surface area contributed by atoms with Gasteiger partial charge in [0.05, 0.1) is 31.2 Å². The number of fused-ring (bicyclic) bond motifs is 2. The van der Waals surface area contributed by atoms with E-state index in [1.165, 1.54) is 0 Å². The van der Waals surface area contributed by atoms with Crippen molar-refractivity contribution in [3.8, 4) is 11.5 Å². The zero-order chi connectivity index (χ0) is 20.5. The molecule has 29 heavy (non-hydrogen) atoms. The highest BCUT2D eigenvalue weighted by atomic mass is 16.5. The molecule has 1 unspecified atom stereocenters. The third kappa shape index (κ3) is 3.37. The van der Waals surface area contributed by atoms with Gasteiger partial charge in [-0.15, -0.1) is 0 Å². The summed E-state index contributed by atoms with van der Waals surface area (Å²) >= 11 is 0. The molecular weight excluding hydrogens is 370 g/mol. The van der Waals surface area contributed by atoms with Crippen molar-refractivity contribution in [3.05, 3.63) is 47.5 Å². The van der Waals surface area contributed by atoms with Gasteiger partial charge in [0, 0.05) is 25.2 Å². The summed E-state index contributed by atoms with van der Waals surface area (Å²) in [6, 6.07) is 10.5. The predicted molar refractivity (Wildman–Crippen MR) is 111 cm³/mol. The van der Waals surface area contributed by atoms with Crippen molar-refractivity contribution in [3.63, 3.8) is 0 Å². The summed E-state index contributed by atoms with van der Waals surface area (Å²) < 4.78 is 10.5. The fourth-order valence-corrected chi connectivity index (χ4v) is 4.11. The monoisotopic (exact) mass is 395 g/mol. The van der Waals surface area contributed by atoms with E-state index in [0.717, 1.165) is 31.5 Å². The number of benzene rings is 2. The van der Waals surface area contributed by atoms with E-state index >= 15 is 0 Å². The van der Waals surface area contributed by atoms with E-state index < -0.39 is 0 Å². The molecule has 1 N–H and O–H groups in total. The van der Waals surface area contributed by atoms with Crippen LogP contribution in [0.3, 0.4) is 0 Å². The van der Waals surface area contributed by atoms with Crippen molar-refractivity contribution in [2.75, 3.05) is 38.0 Å². The van der Waals surface area contributed by atoms with Crippen LogP contribution in [-0.4, -0.2) is 50.7 Å². The van der Waals surface area contributed by atoms with Crippen molar-refractivity contribution in [2.45, 2.75) is 25.4 Å². The number of carbonyl (C=O) groups is 2. The highest BCUT2D eigenvalue weighted by molar-refractivity contribution is 6.08. The van der Waals surface area contributed by atoms with Gasteiger partial charge in [0.15, 0.2) is 0 Å². The third-order valence-electron chi connectivity index (χ3n) is 5.71. The Morgan fingerprint density at radius 3 is 2.69 bits per heavy atom. The first-order valence-corrected chi connectivity index (χ1v) is 9.74. The minimum absolute atomic E-state index is 0.0478. The van der Waals surface area contributed by atoms with Crippen LogP contribution in [0.25, 0.3) is 0 Å². The number of carbonyl (C=O) groups excluding carboxylic acids is 2. The molecule has 1 atom stereocenters. The summed E-state index contributed by atoms with van der Waals surface area (Å²) in [6.07, 6.45) is 3.14. The van der Waals surface area contributed by atoms with Gasteiger partial charge in [0.25, 0.3) is 11.8 Å². The highest BCUT2D eigenvalue weighted by Gasteiger charge is 2.37. The van der Waals surface area contributed by atoms with Gasteiger partial charge < -0.3 is 24.6 Å². The molecule has 0 aliphatic carbocycles. The molecule has 7 nitrogen and oxygen atoms in total. The molecule has 152 valence electrons. The number of nitrogens with zero attached hydrogens (tertiary/aromatic N) is 2. The number of hydrogen-bond acceptors (Lipinski definition) is 5. The second-order valence-electron chi connectivity index (χ2n) is 7.34. The second kappa shape index (κ2) is 7.66. The van der Waals surface area contributed by atoms with Crippen LogP contribution in [-0.2, 0) is 0 Å². The lowest BCUT2D eigenvalue weighted by molar-refractivity contribution is 0.0589. The zero-order valence-corrected chi connectivity index (χ0v) is 16.9. The third-order valence-corrected chi connectivity index (χ3v) is 5.71. The summed E-state index contributed by atoms with van der Waals surface area (Å²) in [5, 5.41) is 2.88. The first-order valence-electron chi connectivity index (χ1n) is 9.74. The molecule has 2 heterocycles. The smallest absolute Gasteiger partial charge is 0.257 e. The van der Waals surface area contributed by atoms with Gasteiger partial charge in [-0.25, -0.2) is 0 Å². The van der Waals surface area contributed by atoms with Crippen LogP contribution in [0.1, 0.15) is 40.0 Å². The fourth-order valence-electron chi connectivity index (χ4n) is 4.11. The van der Waals surface area contributed by atoms with Gasteiger partial charge in [-0.1, -0.05) is 0 Å². The Bertz CT molecular complexity index is 959. The van der Waals surface area contributed by atoms with Gasteiger partial charge in [-0.05, 0) is 49.6 Å². The maximum atomic E-state index is 12.9. The average Bonchev–Trinajstić information content (AvgIpc) is 2.77. The largest absolute Gasteiger partial charge is 0.497 e. The average molecular weight is 395 g/mol. The number of amides is 2. The number of ether oxygens (including phenoxy) is 2. The number of rotatable bonds is 4. The molecule has 2 aromatic rings. The highest BCUT2D eigenvalue weighted by Crippen LogP contribution is 2.35. The molecule has 0 aromatic heterocycles. The van der Waals surface area contributed by atoms with Crippen LogP contribution in [0.15, 0.2) is 36.4 Å². The first-order chi connectivity index (χ1) is 14.0. The molecule has 1 fully saturated rings. The number of methoxy groups -OCH3 is 2. The Morgan fingerprint density at radius 2 is 1.93 bits per heavy atom. The Morgan fingerprint density at radius 1 is 1.10 bits per heavy atom. The van der Waals surface area contributed by atoms with Crippen molar-refractivity contribution >= 4 is 23.2 Å². The van der Waals surface area contributed by atoms with Crippen molar-refractivity contribution in [1.82, 2.24) is 4.90 Å². The summed E-state index contributed by atoms with van der Waals surface area (Å²) in [4.78, 5) is 29.8. The number of anilines is 2. The van der Waals surface area contributed by atoms with Gasteiger partial charge in [0.1, 0.15) is 17.7 Å². The lowest BCUT2D eigenvalue weighted by Crippen LogP contribution is -2.55. The molecule has 2 amide bonds. The molecule has 0 saturated carbocycles. The van der Waals surface area contributed by atoms with E-state index in [-0.39, 0.29) is 18.0 Å². The molecule has 1 saturated heterocycles. The maximum absolute atomic E-state index is 12.9. The number of hydrogen-bond donors (Lipinski definition) is 1. The summed E-state index contributed by atoms with van der Waals surface area (Å²) in [6.45, 7) is 0.785. The van der Waals surface area contributed by atoms with E-state index in [2.05, 4.69) is 10.2 Å². The van der Waals surface area contributed by atoms with E-state index in [1.807, 2.05) is 11.9 Å². The molecule has 2 aromatic carbocycles. The van der Waals surface area contributed by atoms with Gasteiger partial charge in [0.2, 0.25) is 0 Å². The molecule has 0 spiro atoms. The molecule has 2 aliphatic rings. The molecule has 0 bridgehead atoms. The van der Waals surface area contributed by atoms with E-state index in [0.29, 0.717) is 28.3 Å². The molecule has 2 aliphatic heterocycles. The summed E-state index contributed by atoms with van der Waals surface area (Å²) in [5.41, 5.74) is 2.49. The normalized spacial score (nSPS) is 18.0. The lowest BCUT2D eigenvalue weighted by atomic mass is 9.97. The summed E-state index contributed by atoms with van der Waals surface area (Å²) in [7, 11) is 5.10. The fraction of sp³-hybridized carbons (Fsp3) is 0.364. The van der Waals surface area contributed by atoms with Crippen LogP contribution >= 0.6 is 0 Å². The molecular formula is C22H25N3O4. The van der Waals surface area contributed by atoms with Gasteiger partial charge >= 0.3 is 0 Å². The molecule has 7 heteroatoms. The number of piperidine rings is 1. The topological polar surface area (TPSA) is 71.1 Å². The first kappa shape index (κ1) is 19.1. The Kier molecular flexibility index (Phi) is 5.05. The van der Waals surface area contributed by atoms with Crippen LogP contribution in [0.4, 0.5) is 11.4 Å².